The number of hydrogen-bond acceptors (Lipinski definition) is 4. The first-order valence-electron chi connectivity index (χ1n) is 5.28. The van der Waals surface area contributed by atoms with Crippen LogP contribution in [0.1, 0.15) is 12.5 Å². The number of aryl methyl sites for hydroxylation is 1. The van der Waals surface area contributed by atoms with Gasteiger partial charge in [-0.05, 0) is 34.0 Å². The molecule has 0 aliphatic heterocycles. The Morgan fingerprint density at radius 2 is 1.59 bits per heavy atom. The van der Waals surface area contributed by atoms with E-state index in [2.05, 4.69) is 22.9 Å². The molecule has 0 unspecified atom stereocenters. The van der Waals surface area contributed by atoms with Crippen LogP contribution in [0.5, 0.6) is 11.5 Å². The predicted molar refractivity (Wildman–Crippen MR) is 68.5 cm³/mol. The van der Waals surface area contributed by atoms with Crippen molar-refractivity contribution in [3.8, 4) is 11.5 Å². The van der Waals surface area contributed by atoms with Gasteiger partial charge in [0.1, 0.15) is 11.5 Å². The molecular formula is C12H17BrO4. The minimum Gasteiger partial charge on any atom is -0.467 e. The van der Waals surface area contributed by atoms with Crippen molar-refractivity contribution in [2.45, 2.75) is 13.3 Å². The summed E-state index contributed by atoms with van der Waals surface area (Å²) in [6.45, 7) is 2.49. The van der Waals surface area contributed by atoms with Crippen LogP contribution in [0.15, 0.2) is 16.6 Å². The third-order valence-corrected chi connectivity index (χ3v) is 2.78. The van der Waals surface area contributed by atoms with Gasteiger partial charge in [-0.3, -0.25) is 0 Å². The molecule has 17 heavy (non-hydrogen) atoms. The highest BCUT2D eigenvalue weighted by Gasteiger charge is 2.09. The van der Waals surface area contributed by atoms with Crippen LogP contribution in [0.25, 0.3) is 0 Å². The molecule has 5 heteroatoms. The SMILES string of the molecule is CCc1cc(Br)c(OCOC)cc1OCOC. The number of ether oxygens (including phenoxy) is 4. The van der Waals surface area contributed by atoms with Crippen LogP contribution in [-0.2, 0) is 15.9 Å². The molecule has 1 aromatic rings. The second-order valence-electron chi connectivity index (χ2n) is 3.35. The van der Waals surface area contributed by atoms with Crippen molar-refractivity contribution in [3.63, 3.8) is 0 Å². The Labute approximate surface area is 110 Å². The largest absolute Gasteiger partial charge is 0.467 e. The van der Waals surface area contributed by atoms with E-state index in [-0.39, 0.29) is 13.6 Å². The van der Waals surface area contributed by atoms with E-state index in [9.17, 15) is 0 Å². The van der Waals surface area contributed by atoms with Crippen molar-refractivity contribution in [2.75, 3.05) is 27.8 Å². The van der Waals surface area contributed by atoms with Crippen LogP contribution in [0, 0.1) is 0 Å². The molecule has 0 aromatic heterocycles. The second-order valence-corrected chi connectivity index (χ2v) is 4.20. The first kappa shape index (κ1) is 14.3. The molecular weight excluding hydrogens is 288 g/mol. The first-order chi connectivity index (χ1) is 8.22. The van der Waals surface area contributed by atoms with Crippen molar-refractivity contribution >= 4 is 15.9 Å². The van der Waals surface area contributed by atoms with E-state index >= 15 is 0 Å². The van der Waals surface area contributed by atoms with Gasteiger partial charge in [0, 0.05) is 20.3 Å². The van der Waals surface area contributed by atoms with E-state index in [1.165, 1.54) is 0 Å². The van der Waals surface area contributed by atoms with E-state index in [0.717, 1.165) is 22.2 Å². The van der Waals surface area contributed by atoms with Gasteiger partial charge in [0.25, 0.3) is 0 Å². The summed E-state index contributed by atoms with van der Waals surface area (Å²) in [5, 5.41) is 0. The van der Waals surface area contributed by atoms with E-state index in [4.69, 9.17) is 18.9 Å². The molecule has 0 radical (unpaired) electrons. The Hall–Kier alpha value is -0.780. The lowest BCUT2D eigenvalue weighted by atomic mass is 10.1. The molecule has 4 nitrogen and oxygen atoms in total. The lowest BCUT2D eigenvalue weighted by Crippen LogP contribution is -2.04. The van der Waals surface area contributed by atoms with Crippen LogP contribution in [0.2, 0.25) is 0 Å². The predicted octanol–water partition coefficient (Wildman–Crippen LogP) is 2.98. The Bertz CT molecular complexity index is 355. The molecule has 0 fully saturated rings. The first-order valence-corrected chi connectivity index (χ1v) is 6.08. The number of methoxy groups -OCH3 is 2. The molecule has 0 atom stereocenters. The molecule has 0 N–H and O–H groups in total. The third kappa shape index (κ3) is 4.18. The molecule has 0 saturated carbocycles. The molecule has 0 aliphatic rings. The van der Waals surface area contributed by atoms with Crippen LogP contribution < -0.4 is 9.47 Å². The molecule has 96 valence electrons. The monoisotopic (exact) mass is 304 g/mol. The number of benzene rings is 1. The Balaban J connectivity index is 2.91. The summed E-state index contributed by atoms with van der Waals surface area (Å²) in [5.74, 6) is 1.46. The standard InChI is InChI=1S/C12H17BrO4/c1-4-9-5-10(13)12(17-8-15-3)6-11(9)16-7-14-2/h5-6H,4,7-8H2,1-3H3. The van der Waals surface area contributed by atoms with Crippen LogP contribution in [-0.4, -0.2) is 27.8 Å². The fourth-order valence-electron chi connectivity index (χ4n) is 1.34. The molecule has 0 saturated heterocycles. The zero-order chi connectivity index (χ0) is 12.7. The fourth-order valence-corrected chi connectivity index (χ4v) is 1.85. The number of rotatable bonds is 7. The summed E-state index contributed by atoms with van der Waals surface area (Å²) in [7, 11) is 3.17. The van der Waals surface area contributed by atoms with Crippen LogP contribution in [0.4, 0.5) is 0 Å². The van der Waals surface area contributed by atoms with Crippen molar-refractivity contribution < 1.29 is 18.9 Å². The maximum absolute atomic E-state index is 5.49. The van der Waals surface area contributed by atoms with Crippen LogP contribution in [0.3, 0.4) is 0 Å². The quantitative estimate of drug-likeness (QED) is 0.726. The van der Waals surface area contributed by atoms with Crippen molar-refractivity contribution in [1.82, 2.24) is 0 Å². The smallest absolute Gasteiger partial charge is 0.188 e. The summed E-state index contributed by atoms with van der Waals surface area (Å²) in [4.78, 5) is 0. The summed E-state index contributed by atoms with van der Waals surface area (Å²) in [5.41, 5.74) is 1.10. The summed E-state index contributed by atoms with van der Waals surface area (Å²) in [6.07, 6.45) is 0.877. The van der Waals surface area contributed by atoms with Gasteiger partial charge in [-0.25, -0.2) is 0 Å². The van der Waals surface area contributed by atoms with Gasteiger partial charge < -0.3 is 18.9 Å². The average Bonchev–Trinajstić information content (AvgIpc) is 2.35. The lowest BCUT2D eigenvalue weighted by molar-refractivity contribution is 0.0453. The topological polar surface area (TPSA) is 36.9 Å². The maximum Gasteiger partial charge on any atom is 0.188 e. The zero-order valence-electron chi connectivity index (χ0n) is 10.3. The fraction of sp³-hybridized carbons (Fsp3) is 0.500. The van der Waals surface area contributed by atoms with E-state index in [0.29, 0.717) is 5.75 Å². The summed E-state index contributed by atoms with van der Waals surface area (Å²) >= 11 is 3.45. The van der Waals surface area contributed by atoms with Gasteiger partial charge in [0.15, 0.2) is 13.6 Å². The van der Waals surface area contributed by atoms with Crippen molar-refractivity contribution in [1.29, 1.82) is 0 Å². The molecule has 1 aromatic carbocycles. The maximum atomic E-state index is 5.49. The van der Waals surface area contributed by atoms with Gasteiger partial charge in [-0.15, -0.1) is 0 Å². The molecule has 1 rings (SSSR count). The van der Waals surface area contributed by atoms with Crippen molar-refractivity contribution in [3.05, 3.63) is 22.2 Å². The highest BCUT2D eigenvalue weighted by molar-refractivity contribution is 9.10. The molecule has 0 amide bonds. The molecule has 0 aliphatic carbocycles. The Kier molecular flexibility index (Phi) is 6.32. The van der Waals surface area contributed by atoms with Gasteiger partial charge in [-0.2, -0.15) is 0 Å². The molecule has 0 bridgehead atoms. The van der Waals surface area contributed by atoms with Gasteiger partial charge in [0.2, 0.25) is 0 Å². The second kappa shape index (κ2) is 7.53. The normalized spacial score (nSPS) is 10.4. The van der Waals surface area contributed by atoms with Gasteiger partial charge in [0.05, 0.1) is 4.47 Å². The zero-order valence-corrected chi connectivity index (χ0v) is 11.9. The Morgan fingerprint density at radius 1 is 1.00 bits per heavy atom. The minimum atomic E-state index is 0.202. The lowest BCUT2D eigenvalue weighted by Gasteiger charge is -2.13. The number of hydrogen-bond donors (Lipinski definition) is 0. The third-order valence-electron chi connectivity index (χ3n) is 2.16. The number of halogens is 1. The summed E-state index contributed by atoms with van der Waals surface area (Å²) < 4.78 is 21.6. The Morgan fingerprint density at radius 3 is 2.12 bits per heavy atom. The van der Waals surface area contributed by atoms with E-state index in [1.54, 1.807) is 14.2 Å². The van der Waals surface area contributed by atoms with E-state index in [1.807, 2.05) is 12.1 Å². The highest BCUT2D eigenvalue weighted by atomic mass is 79.9. The molecule has 0 spiro atoms. The minimum absolute atomic E-state index is 0.202. The summed E-state index contributed by atoms with van der Waals surface area (Å²) in [6, 6.07) is 3.82. The van der Waals surface area contributed by atoms with Crippen LogP contribution >= 0.6 is 15.9 Å². The van der Waals surface area contributed by atoms with Gasteiger partial charge >= 0.3 is 0 Å². The van der Waals surface area contributed by atoms with Crippen molar-refractivity contribution in [2.24, 2.45) is 0 Å². The van der Waals surface area contributed by atoms with E-state index < -0.39 is 0 Å². The average molecular weight is 305 g/mol. The highest BCUT2D eigenvalue weighted by Crippen LogP contribution is 2.33. The molecule has 0 heterocycles. The van der Waals surface area contributed by atoms with Gasteiger partial charge in [-0.1, -0.05) is 6.92 Å².